The summed E-state index contributed by atoms with van der Waals surface area (Å²) in [6, 6.07) is 1.46. The Morgan fingerprint density at radius 1 is 1.50 bits per heavy atom. The summed E-state index contributed by atoms with van der Waals surface area (Å²) in [7, 11) is -0.712. The van der Waals surface area contributed by atoms with Crippen LogP contribution in [0.5, 0.6) is 0 Å². The normalized spacial score (nSPS) is 18.8. The number of carboxylic acids is 1. The van der Waals surface area contributed by atoms with Crippen LogP contribution in [0.3, 0.4) is 0 Å². The lowest BCUT2D eigenvalue weighted by Gasteiger charge is -2.25. The Balaban J connectivity index is 2.01. The van der Waals surface area contributed by atoms with Gasteiger partial charge in [0.15, 0.2) is 0 Å². The Bertz CT molecular complexity index is 405. The van der Waals surface area contributed by atoms with E-state index in [4.69, 9.17) is 9.52 Å². The molecule has 1 saturated heterocycles. The van der Waals surface area contributed by atoms with Crippen molar-refractivity contribution >= 4 is 16.8 Å². The number of aromatic carboxylic acids is 1. The van der Waals surface area contributed by atoms with Gasteiger partial charge in [0.05, 0.1) is 12.8 Å². The number of furan rings is 1. The van der Waals surface area contributed by atoms with Crippen molar-refractivity contribution in [3.05, 3.63) is 23.7 Å². The summed E-state index contributed by atoms with van der Waals surface area (Å²) in [6.07, 6.45) is 1.39. The van der Waals surface area contributed by atoms with E-state index in [1.165, 1.54) is 12.3 Å². The van der Waals surface area contributed by atoms with E-state index in [2.05, 4.69) is 4.90 Å². The highest BCUT2D eigenvalue weighted by molar-refractivity contribution is 7.85. The molecular formula is C10H13NO4S. The number of nitrogens with zero attached hydrogens (tertiary/aromatic N) is 1. The third kappa shape index (κ3) is 2.51. The minimum Gasteiger partial charge on any atom is -0.478 e. The van der Waals surface area contributed by atoms with E-state index in [0.29, 0.717) is 23.8 Å². The summed E-state index contributed by atoms with van der Waals surface area (Å²) < 4.78 is 16.3. The van der Waals surface area contributed by atoms with Gasteiger partial charge >= 0.3 is 5.97 Å². The maximum atomic E-state index is 11.2. The molecule has 0 radical (unpaired) electrons. The molecule has 0 amide bonds. The van der Waals surface area contributed by atoms with E-state index in [-0.39, 0.29) is 5.56 Å². The smallest absolute Gasteiger partial charge is 0.339 e. The molecule has 1 fully saturated rings. The lowest BCUT2D eigenvalue weighted by atomic mass is 10.2. The summed E-state index contributed by atoms with van der Waals surface area (Å²) >= 11 is 0. The highest BCUT2D eigenvalue weighted by Gasteiger charge is 2.20. The molecule has 1 aliphatic rings. The van der Waals surface area contributed by atoms with Gasteiger partial charge < -0.3 is 9.52 Å². The maximum Gasteiger partial charge on any atom is 0.339 e. The summed E-state index contributed by atoms with van der Waals surface area (Å²) in [4.78, 5) is 12.9. The summed E-state index contributed by atoms with van der Waals surface area (Å²) in [5.41, 5.74) is 0.215. The van der Waals surface area contributed by atoms with Gasteiger partial charge in [-0.15, -0.1) is 0 Å². The zero-order valence-electron chi connectivity index (χ0n) is 8.72. The van der Waals surface area contributed by atoms with Crippen LogP contribution < -0.4 is 0 Å². The molecule has 0 unspecified atom stereocenters. The van der Waals surface area contributed by atoms with Gasteiger partial charge in [-0.1, -0.05) is 0 Å². The maximum absolute atomic E-state index is 11.2. The SMILES string of the molecule is O=C(O)c1ccoc1CN1CCS(=O)CC1. The molecule has 0 atom stereocenters. The number of carbonyl (C=O) groups is 1. The molecule has 1 aromatic rings. The van der Waals surface area contributed by atoms with E-state index in [0.717, 1.165) is 13.1 Å². The van der Waals surface area contributed by atoms with Gasteiger partial charge in [-0.3, -0.25) is 9.11 Å². The second-order valence-corrected chi connectivity index (χ2v) is 5.38. The molecule has 2 heterocycles. The van der Waals surface area contributed by atoms with Crippen LogP contribution in [0.15, 0.2) is 16.7 Å². The van der Waals surface area contributed by atoms with Crippen LogP contribution in [0.25, 0.3) is 0 Å². The van der Waals surface area contributed by atoms with E-state index in [1.54, 1.807) is 0 Å². The minimum absolute atomic E-state index is 0.215. The van der Waals surface area contributed by atoms with Gasteiger partial charge in [0, 0.05) is 35.4 Å². The summed E-state index contributed by atoms with van der Waals surface area (Å²) in [6.45, 7) is 1.94. The Hall–Kier alpha value is -1.14. The van der Waals surface area contributed by atoms with Crippen LogP contribution in [0.1, 0.15) is 16.1 Å². The molecule has 6 heteroatoms. The molecular weight excluding hydrogens is 230 g/mol. The van der Waals surface area contributed by atoms with Gasteiger partial charge in [-0.05, 0) is 6.07 Å². The van der Waals surface area contributed by atoms with Gasteiger partial charge in [-0.2, -0.15) is 0 Å². The molecule has 0 saturated carbocycles. The van der Waals surface area contributed by atoms with E-state index < -0.39 is 16.8 Å². The van der Waals surface area contributed by atoms with Crippen molar-refractivity contribution in [3.63, 3.8) is 0 Å². The zero-order chi connectivity index (χ0) is 11.5. The average Bonchev–Trinajstić information content (AvgIpc) is 2.69. The van der Waals surface area contributed by atoms with Crippen molar-refractivity contribution in [1.29, 1.82) is 0 Å². The topological polar surface area (TPSA) is 70.8 Å². The van der Waals surface area contributed by atoms with Gasteiger partial charge in [0.2, 0.25) is 0 Å². The molecule has 5 nitrogen and oxygen atoms in total. The monoisotopic (exact) mass is 243 g/mol. The number of carboxylic acid groups (broad SMARTS) is 1. The molecule has 0 spiro atoms. The van der Waals surface area contributed by atoms with Crippen molar-refractivity contribution in [1.82, 2.24) is 4.90 Å². The number of rotatable bonds is 3. The first-order valence-electron chi connectivity index (χ1n) is 5.04. The van der Waals surface area contributed by atoms with Crippen molar-refractivity contribution in [2.75, 3.05) is 24.6 Å². The lowest BCUT2D eigenvalue weighted by molar-refractivity contribution is 0.0692. The molecule has 0 aromatic carbocycles. The largest absolute Gasteiger partial charge is 0.478 e. The molecule has 0 aliphatic carbocycles. The van der Waals surface area contributed by atoms with Crippen molar-refractivity contribution in [2.24, 2.45) is 0 Å². The van der Waals surface area contributed by atoms with Crippen LogP contribution in [0.4, 0.5) is 0 Å². The van der Waals surface area contributed by atoms with Crippen LogP contribution in [-0.4, -0.2) is 44.8 Å². The first-order chi connectivity index (χ1) is 7.66. The molecule has 1 N–H and O–H groups in total. The number of hydrogen-bond donors (Lipinski definition) is 1. The fraction of sp³-hybridized carbons (Fsp3) is 0.500. The predicted octanol–water partition coefficient (Wildman–Crippen LogP) is 0.542. The van der Waals surface area contributed by atoms with Crippen LogP contribution >= 0.6 is 0 Å². The van der Waals surface area contributed by atoms with E-state index in [9.17, 15) is 9.00 Å². The van der Waals surface area contributed by atoms with E-state index >= 15 is 0 Å². The third-order valence-electron chi connectivity index (χ3n) is 2.61. The first-order valence-corrected chi connectivity index (χ1v) is 6.52. The van der Waals surface area contributed by atoms with Gasteiger partial charge in [0.25, 0.3) is 0 Å². The van der Waals surface area contributed by atoms with Crippen LogP contribution in [-0.2, 0) is 17.3 Å². The van der Waals surface area contributed by atoms with Crippen molar-refractivity contribution in [3.8, 4) is 0 Å². The standard InChI is InChI=1S/C10H13NO4S/c12-10(13)8-1-4-15-9(8)7-11-2-5-16(14)6-3-11/h1,4H,2-3,5-7H2,(H,12,13). The fourth-order valence-corrected chi connectivity index (χ4v) is 2.82. The van der Waals surface area contributed by atoms with Crippen molar-refractivity contribution < 1.29 is 18.5 Å². The lowest BCUT2D eigenvalue weighted by Crippen LogP contribution is -2.37. The highest BCUT2D eigenvalue weighted by atomic mass is 32.2. The van der Waals surface area contributed by atoms with E-state index in [1.807, 2.05) is 0 Å². The second-order valence-electron chi connectivity index (χ2n) is 3.69. The number of hydrogen-bond acceptors (Lipinski definition) is 4. The Kier molecular flexibility index (Phi) is 3.40. The average molecular weight is 243 g/mol. The summed E-state index contributed by atoms with van der Waals surface area (Å²) in [5.74, 6) is 0.816. The quantitative estimate of drug-likeness (QED) is 0.839. The molecule has 1 aromatic heterocycles. The predicted molar refractivity (Wildman–Crippen MR) is 58.8 cm³/mol. The molecule has 2 rings (SSSR count). The summed E-state index contributed by atoms with van der Waals surface area (Å²) in [5, 5.41) is 8.90. The molecule has 0 bridgehead atoms. The van der Waals surface area contributed by atoms with Crippen LogP contribution in [0.2, 0.25) is 0 Å². The minimum atomic E-state index is -0.968. The molecule has 88 valence electrons. The van der Waals surface area contributed by atoms with Crippen molar-refractivity contribution in [2.45, 2.75) is 6.54 Å². The zero-order valence-corrected chi connectivity index (χ0v) is 9.53. The van der Waals surface area contributed by atoms with Crippen LogP contribution in [0, 0.1) is 0 Å². The molecule has 16 heavy (non-hydrogen) atoms. The van der Waals surface area contributed by atoms with Gasteiger partial charge in [-0.25, -0.2) is 4.79 Å². The fourth-order valence-electron chi connectivity index (χ4n) is 1.69. The third-order valence-corrected chi connectivity index (χ3v) is 3.89. The highest BCUT2D eigenvalue weighted by Crippen LogP contribution is 2.14. The molecule has 1 aliphatic heterocycles. The Morgan fingerprint density at radius 2 is 2.19 bits per heavy atom. The Morgan fingerprint density at radius 3 is 2.81 bits per heavy atom. The Labute approximate surface area is 95.5 Å². The first kappa shape index (κ1) is 11.3. The van der Waals surface area contributed by atoms with Gasteiger partial charge in [0.1, 0.15) is 11.3 Å². The second kappa shape index (κ2) is 4.80.